The molecule has 1 aliphatic heterocycles. The van der Waals surface area contributed by atoms with Crippen LogP contribution in [0.25, 0.3) is 0 Å². The molecular formula is C18H29N3O2. The van der Waals surface area contributed by atoms with Gasteiger partial charge in [-0.25, -0.2) is 0 Å². The molecule has 2 N–H and O–H groups in total. The summed E-state index contributed by atoms with van der Waals surface area (Å²) in [5.41, 5.74) is 1.22. The molecule has 0 aromatic heterocycles. The summed E-state index contributed by atoms with van der Waals surface area (Å²) in [5.74, 6) is 0.527. The van der Waals surface area contributed by atoms with E-state index in [2.05, 4.69) is 41.5 Å². The number of rotatable bonds is 8. The third-order valence-electron chi connectivity index (χ3n) is 3.96. The third kappa shape index (κ3) is 6.69. The van der Waals surface area contributed by atoms with Crippen LogP contribution in [0.5, 0.6) is 0 Å². The Bertz CT molecular complexity index is 459. The van der Waals surface area contributed by atoms with Crippen LogP contribution in [0.1, 0.15) is 25.5 Å². The highest BCUT2D eigenvalue weighted by Crippen LogP contribution is 2.14. The van der Waals surface area contributed by atoms with Crippen molar-refractivity contribution in [3.05, 3.63) is 35.9 Å². The Labute approximate surface area is 139 Å². The summed E-state index contributed by atoms with van der Waals surface area (Å²) in [5, 5.41) is 6.37. The van der Waals surface area contributed by atoms with Gasteiger partial charge in [0.05, 0.1) is 19.8 Å². The molecule has 1 atom stereocenters. The van der Waals surface area contributed by atoms with E-state index in [1.165, 1.54) is 5.56 Å². The summed E-state index contributed by atoms with van der Waals surface area (Å²) < 4.78 is 5.41. The lowest BCUT2D eigenvalue weighted by Gasteiger charge is -2.31. The van der Waals surface area contributed by atoms with Gasteiger partial charge in [0.25, 0.3) is 0 Å². The number of amides is 1. The maximum absolute atomic E-state index is 12.0. The van der Waals surface area contributed by atoms with Crippen molar-refractivity contribution < 1.29 is 9.53 Å². The van der Waals surface area contributed by atoms with Crippen molar-refractivity contribution in [3.8, 4) is 0 Å². The van der Waals surface area contributed by atoms with Gasteiger partial charge in [0.2, 0.25) is 5.91 Å². The molecule has 1 aromatic carbocycles. The van der Waals surface area contributed by atoms with E-state index in [0.717, 1.165) is 39.4 Å². The van der Waals surface area contributed by atoms with E-state index in [9.17, 15) is 4.79 Å². The molecule has 0 spiro atoms. The Balaban J connectivity index is 1.89. The highest BCUT2D eigenvalue weighted by Gasteiger charge is 2.18. The SMILES string of the molecule is CC(C)CNC(=O)CNC(CN1CCOCC1)c1ccccc1. The molecule has 5 heteroatoms. The fraction of sp³-hybridized carbons (Fsp3) is 0.611. The molecule has 23 heavy (non-hydrogen) atoms. The van der Waals surface area contributed by atoms with E-state index in [1.807, 2.05) is 18.2 Å². The van der Waals surface area contributed by atoms with Gasteiger partial charge < -0.3 is 15.4 Å². The quantitative estimate of drug-likeness (QED) is 0.761. The first-order chi connectivity index (χ1) is 11.1. The predicted molar refractivity (Wildman–Crippen MR) is 92.3 cm³/mol. The van der Waals surface area contributed by atoms with Crippen molar-refractivity contribution in [2.24, 2.45) is 5.92 Å². The summed E-state index contributed by atoms with van der Waals surface area (Å²) in [6, 6.07) is 10.5. The fourth-order valence-electron chi connectivity index (χ4n) is 2.61. The molecule has 5 nitrogen and oxygen atoms in total. The Morgan fingerprint density at radius 2 is 1.91 bits per heavy atom. The fourth-order valence-corrected chi connectivity index (χ4v) is 2.61. The minimum atomic E-state index is 0.0570. The van der Waals surface area contributed by atoms with Gasteiger partial charge in [-0.2, -0.15) is 0 Å². The molecule has 1 aliphatic rings. The highest BCUT2D eigenvalue weighted by atomic mass is 16.5. The van der Waals surface area contributed by atoms with Gasteiger partial charge in [0.15, 0.2) is 0 Å². The monoisotopic (exact) mass is 319 g/mol. The van der Waals surface area contributed by atoms with E-state index < -0.39 is 0 Å². The number of hydrogen-bond acceptors (Lipinski definition) is 4. The smallest absolute Gasteiger partial charge is 0.233 e. The molecule has 1 unspecified atom stereocenters. The number of morpholine rings is 1. The zero-order valence-electron chi connectivity index (χ0n) is 14.3. The van der Waals surface area contributed by atoms with Crippen LogP contribution in [0.15, 0.2) is 30.3 Å². The number of nitrogens with one attached hydrogen (secondary N) is 2. The molecule has 1 aromatic rings. The lowest BCUT2D eigenvalue weighted by molar-refractivity contribution is -0.120. The predicted octanol–water partition coefficient (Wildman–Crippen LogP) is 1.42. The van der Waals surface area contributed by atoms with Crippen LogP contribution in [0.3, 0.4) is 0 Å². The summed E-state index contributed by atoms with van der Waals surface area (Å²) >= 11 is 0. The normalized spacial score (nSPS) is 17.2. The largest absolute Gasteiger partial charge is 0.379 e. The van der Waals surface area contributed by atoms with Crippen molar-refractivity contribution >= 4 is 5.91 Å². The lowest BCUT2D eigenvalue weighted by atomic mass is 10.1. The van der Waals surface area contributed by atoms with Gasteiger partial charge in [0.1, 0.15) is 0 Å². The van der Waals surface area contributed by atoms with Crippen LogP contribution in [0, 0.1) is 5.92 Å². The molecule has 0 bridgehead atoms. The molecule has 1 amide bonds. The van der Waals surface area contributed by atoms with Crippen molar-refractivity contribution in [2.45, 2.75) is 19.9 Å². The number of nitrogens with zero attached hydrogens (tertiary/aromatic N) is 1. The first kappa shape index (κ1) is 17.9. The standard InChI is InChI=1S/C18H29N3O2/c1-15(2)12-20-18(22)13-19-17(16-6-4-3-5-7-16)14-21-8-10-23-11-9-21/h3-7,15,17,19H,8-14H2,1-2H3,(H,20,22). The zero-order chi connectivity index (χ0) is 16.5. The first-order valence-corrected chi connectivity index (χ1v) is 8.50. The van der Waals surface area contributed by atoms with Crippen LogP contribution in [0.2, 0.25) is 0 Å². The molecule has 1 heterocycles. The van der Waals surface area contributed by atoms with Gasteiger partial charge in [-0.3, -0.25) is 9.69 Å². The van der Waals surface area contributed by atoms with E-state index in [1.54, 1.807) is 0 Å². The number of carbonyl (C=O) groups is 1. The molecular weight excluding hydrogens is 290 g/mol. The Kier molecular flexibility index (Phi) is 7.52. The van der Waals surface area contributed by atoms with E-state index in [-0.39, 0.29) is 11.9 Å². The summed E-state index contributed by atoms with van der Waals surface area (Å²) in [6.07, 6.45) is 0. The summed E-state index contributed by atoms with van der Waals surface area (Å²) in [4.78, 5) is 14.4. The Hall–Kier alpha value is -1.43. The second kappa shape index (κ2) is 9.65. The van der Waals surface area contributed by atoms with Crippen LogP contribution >= 0.6 is 0 Å². The second-order valence-electron chi connectivity index (χ2n) is 6.46. The maximum Gasteiger partial charge on any atom is 0.233 e. The van der Waals surface area contributed by atoms with Gasteiger partial charge in [-0.05, 0) is 11.5 Å². The average Bonchev–Trinajstić information content (AvgIpc) is 2.58. The number of carbonyl (C=O) groups excluding carboxylic acids is 1. The van der Waals surface area contributed by atoms with Crippen LogP contribution in [0.4, 0.5) is 0 Å². The summed E-state index contributed by atoms with van der Waals surface area (Å²) in [7, 11) is 0. The molecule has 0 saturated carbocycles. The van der Waals surface area contributed by atoms with Crippen LogP contribution in [-0.2, 0) is 9.53 Å². The molecule has 128 valence electrons. The summed E-state index contributed by atoms with van der Waals surface area (Å²) in [6.45, 7) is 9.63. The van der Waals surface area contributed by atoms with Crippen molar-refractivity contribution in [1.29, 1.82) is 0 Å². The minimum Gasteiger partial charge on any atom is -0.379 e. The molecule has 1 fully saturated rings. The topological polar surface area (TPSA) is 53.6 Å². The maximum atomic E-state index is 12.0. The van der Waals surface area contributed by atoms with Crippen LogP contribution < -0.4 is 10.6 Å². The van der Waals surface area contributed by atoms with Crippen molar-refractivity contribution in [3.63, 3.8) is 0 Å². The van der Waals surface area contributed by atoms with Crippen molar-refractivity contribution in [2.75, 3.05) is 45.9 Å². The van der Waals surface area contributed by atoms with Gasteiger partial charge in [-0.1, -0.05) is 44.2 Å². The van der Waals surface area contributed by atoms with Gasteiger partial charge >= 0.3 is 0 Å². The van der Waals surface area contributed by atoms with Gasteiger partial charge in [0, 0.05) is 32.2 Å². The zero-order valence-corrected chi connectivity index (χ0v) is 14.3. The van der Waals surface area contributed by atoms with E-state index in [0.29, 0.717) is 12.5 Å². The lowest BCUT2D eigenvalue weighted by Crippen LogP contribution is -2.44. The first-order valence-electron chi connectivity index (χ1n) is 8.50. The number of benzene rings is 1. The molecule has 2 rings (SSSR count). The highest BCUT2D eigenvalue weighted by molar-refractivity contribution is 5.78. The Morgan fingerprint density at radius 1 is 1.22 bits per heavy atom. The number of hydrogen-bond donors (Lipinski definition) is 2. The molecule has 1 saturated heterocycles. The molecule has 0 radical (unpaired) electrons. The average molecular weight is 319 g/mol. The third-order valence-corrected chi connectivity index (χ3v) is 3.96. The minimum absolute atomic E-state index is 0.0570. The van der Waals surface area contributed by atoms with E-state index in [4.69, 9.17) is 4.74 Å². The van der Waals surface area contributed by atoms with E-state index >= 15 is 0 Å². The number of ether oxygens (including phenoxy) is 1. The van der Waals surface area contributed by atoms with Crippen molar-refractivity contribution in [1.82, 2.24) is 15.5 Å². The molecule has 0 aliphatic carbocycles. The Morgan fingerprint density at radius 3 is 2.57 bits per heavy atom. The van der Waals surface area contributed by atoms with Crippen LogP contribution in [-0.4, -0.2) is 56.7 Å². The van der Waals surface area contributed by atoms with Gasteiger partial charge in [-0.15, -0.1) is 0 Å². The second-order valence-corrected chi connectivity index (χ2v) is 6.46.